The molecule has 1 aliphatic rings. The normalized spacial score (nSPS) is 21.8. The summed E-state index contributed by atoms with van der Waals surface area (Å²) in [6, 6.07) is 12.5. The number of hydrogen-bond acceptors (Lipinski definition) is 2. The van der Waals surface area contributed by atoms with Crippen LogP contribution in [0.5, 0.6) is 0 Å². The molecule has 0 aliphatic carbocycles. The highest BCUT2D eigenvalue weighted by Crippen LogP contribution is 2.51. The Labute approximate surface area is 187 Å². The van der Waals surface area contributed by atoms with Crippen molar-refractivity contribution in [3.8, 4) is 0 Å². The van der Waals surface area contributed by atoms with Gasteiger partial charge >= 0.3 is 18.4 Å². The van der Waals surface area contributed by atoms with Crippen molar-refractivity contribution >= 4 is 6.03 Å². The van der Waals surface area contributed by atoms with E-state index in [1.54, 1.807) is 11.8 Å². The minimum absolute atomic E-state index is 0.209. The van der Waals surface area contributed by atoms with E-state index in [1.165, 1.54) is 0 Å². The van der Waals surface area contributed by atoms with Crippen LogP contribution in [0.25, 0.3) is 0 Å². The van der Waals surface area contributed by atoms with Crippen LogP contribution in [0.15, 0.2) is 54.6 Å². The van der Waals surface area contributed by atoms with Gasteiger partial charge in [-0.05, 0) is 18.1 Å². The van der Waals surface area contributed by atoms with E-state index in [1.807, 2.05) is 37.3 Å². The predicted molar refractivity (Wildman–Crippen MR) is 110 cm³/mol. The second-order valence-electron chi connectivity index (χ2n) is 8.38. The number of urea groups is 1. The van der Waals surface area contributed by atoms with Crippen molar-refractivity contribution in [1.29, 1.82) is 0 Å². The van der Waals surface area contributed by atoms with Crippen molar-refractivity contribution in [2.45, 2.75) is 43.1 Å². The molecule has 3 rings (SSSR count). The molecule has 2 aromatic rings. The maximum absolute atomic E-state index is 13.2. The van der Waals surface area contributed by atoms with Crippen molar-refractivity contribution in [2.24, 2.45) is 0 Å². The van der Waals surface area contributed by atoms with Crippen molar-refractivity contribution in [3.63, 3.8) is 0 Å². The Morgan fingerprint density at radius 2 is 1.58 bits per heavy atom. The van der Waals surface area contributed by atoms with Crippen LogP contribution in [-0.4, -0.2) is 48.0 Å². The summed E-state index contributed by atoms with van der Waals surface area (Å²) in [7, 11) is 0. The molecule has 2 N–H and O–H groups in total. The molecule has 1 aliphatic heterocycles. The average molecular weight is 474 g/mol. The minimum atomic E-state index is -5.95. The molecule has 0 aromatic heterocycles. The third-order valence-corrected chi connectivity index (χ3v) is 6.29. The molecule has 2 amide bonds. The fraction of sp³-hybridized carbons (Fsp3) is 0.435. The van der Waals surface area contributed by atoms with E-state index in [2.05, 4.69) is 5.32 Å². The molecule has 0 saturated carbocycles. The molecule has 1 heterocycles. The van der Waals surface area contributed by atoms with Gasteiger partial charge in [0.15, 0.2) is 0 Å². The molecule has 2 atom stereocenters. The lowest BCUT2D eigenvalue weighted by molar-refractivity contribution is -0.376. The molecule has 4 nitrogen and oxygen atoms in total. The molecule has 1 fully saturated rings. The Morgan fingerprint density at radius 1 is 1.03 bits per heavy atom. The molecule has 0 unspecified atom stereocenters. The van der Waals surface area contributed by atoms with Crippen LogP contribution in [-0.2, 0) is 11.0 Å². The van der Waals surface area contributed by atoms with Crippen LogP contribution >= 0.6 is 0 Å². The van der Waals surface area contributed by atoms with Crippen molar-refractivity contribution in [1.82, 2.24) is 10.2 Å². The zero-order valence-corrected chi connectivity index (χ0v) is 18.0. The van der Waals surface area contributed by atoms with Crippen LogP contribution in [0.3, 0.4) is 0 Å². The maximum atomic E-state index is 13.2. The van der Waals surface area contributed by atoms with E-state index in [4.69, 9.17) is 0 Å². The highest BCUT2D eigenvalue weighted by atomic mass is 19.4. The van der Waals surface area contributed by atoms with Gasteiger partial charge in [-0.15, -0.1) is 0 Å². The zero-order valence-electron chi connectivity index (χ0n) is 18.0. The Balaban J connectivity index is 2.04. The van der Waals surface area contributed by atoms with Gasteiger partial charge in [0, 0.05) is 36.5 Å². The zero-order chi connectivity index (χ0) is 24.7. The van der Waals surface area contributed by atoms with Crippen LogP contribution in [0, 0.1) is 0 Å². The lowest BCUT2D eigenvalue weighted by Crippen LogP contribution is -2.53. The number of hydrogen-bond donors (Lipinski definition) is 2. The third-order valence-electron chi connectivity index (χ3n) is 6.29. The molecule has 180 valence electrons. The Morgan fingerprint density at radius 3 is 2.06 bits per heavy atom. The first-order chi connectivity index (χ1) is 15.3. The molecule has 0 spiro atoms. The van der Waals surface area contributed by atoms with Crippen LogP contribution < -0.4 is 5.32 Å². The largest absolute Gasteiger partial charge is 0.430 e. The monoisotopic (exact) mass is 474 g/mol. The molecular weight excluding hydrogens is 450 g/mol. The number of alkyl halides is 6. The Hall–Kier alpha value is -2.75. The number of carbonyl (C=O) groups is 1. The molecule has 2 aromatic carbocycles. The highest BCUT2D eigenvalue weighted by molar-refractivity contribution is 5.75. The van der Waals surface area contributed by atoms with Gasteiger partial charge in [0.25, 0.3) is 5.60 Å². The van der Waals surface area contributed by atoms with Crippen molar-refractivity contribution in [2.75, 3.05) is 19.6 Å². The number of amides is 2. The van der Waals surface area contributed by atoms with E-state index in [9.17, 15) is 36.2 Å². The maximum Gasteiger partial charge on any atom is 0.430 e. The van der Waals surface area contributed by atoms with Crippen molar-refractivity contribution < 1.29 is 36.2 Å². The standard InChI is InChI=1S/C23H24F6N2O2/c1-3-30-19(32)31-13-18(15-7-5-4-6-8-15)20(2,14-31)16-9-11-17(12-10-16)21(33,22(24,25)26)23(27,28)29/h4-12,18,33H,3,13-14H2,1-2H3,(H,30,32)/t18-,20+/m1/s1. The highest BCUT2D eigenvalue weighted by Gasteiger charge is 2.71. The van der Waals surface area contributed by atoms with Gasteiger partial charge in [-0.25, -0.2) is 4.79 Å². The molecule has 10 heteroatoms. The number of carbonyl (C=O) groups excluding carboxylic acids is 1. The lowest BCUT2D eigenvalue weighted by atomic mass is 9.71. The van der Waals surface area contributed by atoms with Gasteiger partial charge in [-0.2, -0.15) is 26.3 Å². The minimum Gasteiger partial charge on any atom is -0.369 e. The van der Waals surface area contributed by atoms with Gasteiger partial charge in [-0.3, -0.25) is 0 Å². The second-order valence-corrected chi connectivity index (χ2v) is 8.38. The fourth-order valence-electron chi connectivity index (χ4n) is 4.44. The number of aliphatic hydroxyl groups is 1. The first kappa shape index (κ1) is 24.9. The van der Waals surface area contributed by atoms with Gasteiger partial charge < -0.3 is 15.3 Å². The molecule has 33 heavy (non-hydrogen) atoms. The average Bonchev–Trinajstić information content (AvgIpc) is 3.11. The summed E-state index contributed by atoms with van der Waals surface area (Å²) in [6.45, 7) is 4.52. The summed E-state index contributed by atoms with van der Waals surface area (Å²) < 4.78 is 79.4. The molecular formula is C23H24F6N2O2. The first-order valence-electron chi connectivity index (χ1n) is 10.3. The quantitative estimate of drug-likeness (QED) is 0.607. The Kier molecular flexibility index (Phi) is 6.45. The van der Waals surface area contributed by atoms with Gasteiger partial charge in [0.1, 0.15) is 0 Å². The van der Waals surface area contributed by atoms with Gasteiger partial charge in [0.2, 0.25) is 0 Å². The van der Waals surface area contributed by atoms with E-state index in [0.29, 0.717) is 30.8 Å². The van der Waals surface area contributed by atoms with Crippen LogP contribution in [0.4, 0.5) is 31.1 Å². The topological polar surface area (TPSA) is 52.6 Å². The molecule has 1 saturated heterocycles. The van der Waals surface area contributed by atoms with Gasteiger partial charge in [-0.1, -0.05) is 61.5 Å². The van der Waals surface area contributed by atoms with Crippen LogP contribution in [0.1, 0.15) is 36.5 Å². The molecule has 0 radical (unpaired) electrons. The smallest absolute Gasteiger partial charge is 0.369 e. The van der Waals surface area contributed by atoms with Crippen LogP contribution in [0.2, 0.25) is 0 Å². The summed E-state index contributed by atoms with van der Waals surface area (Å²) in [6.07, 6.45) is -11.9. The van der Waals surface area contributed by atoms with E-state index < -0.39 is 28.9 Å². The second kappa shape index (κ2) is 8.55. The summed E-state index contributed by atoms with van der Waals surface area (Å²) in [5.74, 6) is -0.253. The van der Waals surface area contributed by atoms with E-state index >= 15 is 0 Å². The van der Waals surface area contributed by atoms with E-state index in [-0.39, 0.29) is 18.5 Å². The third kappa shape index (κ3) is 4.28. The number of halogens is 6. The Bertz CT molecular complexity index is 961. The summed E-state index contributed by atoms with van der Waals surface area (Å²) in [4.78, 5) is 14.1. The number of likely N-dealkylation sites (tertiary alicyclic amines) is 1. The number of rotatable bonds is 4. The number of benzene rings is 2. The SMILES string of the molecule is CCNC(=O)N1C[C@H](c2ccccc2)[C@](C)(c2ccc(C(O)(C(F)(F)F)C(F)(F)F)cc2)C1. The molecule has 0 bridgehead atoms. The van der Waals surface area contributed by atoms with Gasteiger partial charge in [0.05, 0.1) is 0 Å². The summed E-state index contributed by atoms with van der Waals surface area (Å²) >= 11 is 0. The summed E-state index contributed by atoms with van der Waals surface area (Å²) in [5.41, 5.74) is -5.75. The predicted octanol–water partition coefficient (Wildman–Crippen LogP) is 5.09. The lowest BCUT2D eigenvalue weighted by Gasteiger charge is -2.34. The summed E-state index contributed by atoms with van der Waals surface area (Å²) in [5, 5.41) is 12.4. The van der Waals surface area contributed by atoms with E-state index in [0.717, 1.165) is 17.7 Å². The number of nitrogens with zero attached hydrogens (tertiary/aromatic N) is 1. The fourth-order valence-corrected chi connectivity index (χ4v) is 4.44. The first-order valence-corrected chi connectivity index (χ1v) is 10.3. The number of nitrogens with one attached hydrogen (secondary N) is 1. The van der Waals surface area contributed by atoms with Crippen molar-refractivity contribution in [3.05, 3.63) is 71.3 Å².